The lowest BCUT2D eigenvalue weighted by Crippen LogP contribution is -2.20. The van der Waals surface area contributed by atoms with Crippen LogP contribution in [0.4, 0.5) is 0 Å². The Morgan fingerprint density at radius 3 is 2.75 bits per heavy atom. The molecule has 2 N–H and O–H groups in total. The number of phenolic OH excluding ortho intramolecular Hbond substituents is 1. The molecule has 1 unspecified atom stereocenters. The van der Waals surface area contributed by atoms with E-state index in [9.17, 15) is 5.11 Å². The van der Waals surface area contributed by atoms with Crippen molar-refractivity contribution in [2.45, 2.75) is 25.9 Å². The van der Waals surface area contributed by atoms with Crippen LogP contribution in [-0.2, 0) is 6.54 Å². The van der Waals surface area contributed by atoms with Gasteiger partial charge in [0, 0.05) is 27.6 Å². The quantitative estimate of drug-likeness (QED) is 0.787. The molecule has 0 radical (unpaired) electrons. The summed E-state index contributed by atoms with van der Waals surface area (Å²) in [7, 11) is 0. The van der Waals surface area contributed by atoms with Crippen LogP contribution in [0.5, 0.6) is 5.75 Å². The van der Waals surface area contributed by atoms with E-state index in [1.54, 1.807) is 6.07 Å². The van der Waals surface area contributed by atoms with Gasteiger partial charge in [-0.25, -0.2) is 0 Å². The van der Waals surface area contributed by atoms with Gasteiger partial charge in [-0.2, -0.15) is 0 Å². The van der Waals surface area contributed by atoms with E-state index in [0.717, 1.165) is 27.0 Å². The van der Waals surface area contributed by atoms with E-state index >= 15 is 0 Å². The molecule has 0 aromatic heterocycles. The molecule has 0 spiro atoms. The van der Waals surface area contributed by atoms with Gasteiger partial charge in [-0.15, -0.1) is 0 Å². The molecule has 2 aromatic rings. The van der Waals surface area contributed by atoms with Gasteiger partial charge in [-0.1, -0.05) is 46.6 Å². The number of hydrogen-bond donors (Lipinski definition) is 2. The third kappa shape index (κ3) is 3.98. The van der Waals surface area contributed by atoms with Crippen LogP contribution in [-0.4, -0.2) is 5.11 Å². The number of nitrogens with one attached hydrogen (secondary N) is 1. The zero-order valence-corrected chi connectivity index (χ0v) is 13.6. The zero-order valence-electron chi connectivity index (χ0n) is 11.2. The molecular weight excluding hydrogens is 338 g/mol. The third-order valence-corrected chi connectivity index (χ3v) is 3.94. The molecule has 0 amide bonds. The van der Waals surface area contributed by atoms with Crippen molar-refractivity contribution < 1.29 is 5.11 Å². The van der Waals surface area contributed by atoms with Crippen molar-refractivity contribution in [3.8, 4) is 5.75 Å². The van der Waals surface area contributed by atoms with Gasteiger partial charge in [0.1, 0.15) is 5.75 Å². The van der Waals surface area contributed by atoms with E-state index < -0.39 is 0 Å². The fourth-order valence-electron chi connectivity index (χ4n) is 2.17. The lowest BCUT2D eigenvalue weighted by molar-refractivity contribution is 0.440. The van der Waals surface area contributed by atoms with Crippen molar-refractivity contribution >= 4 is 27.5 Å². The van der Waals surface area contributed by atoms with E-state index in [0.29, 0.717) is 12.3 Å². The van der Waals surface area contributed by atoms with Gasteiger partial charge in [-0.05, 0) is 42.3 Å². The van der Waals surface area contributed by atoms with Crippen molar-refractivity contribution in [1.29, 1.82) is 0 Å². The number of hydrogen-bond acceptors (Lipinski definition) is 2. The molecule has 0 heterocycles. The third-order valence-electron chi connectivity index (χ3n) is 3.21. The first-order chi connectivity index (χ1) is 9.60. The van der Waals surface area contributed by atoms with E-state index in [1.807, 2.05) is 36.4 Å². The largest absolute Gasteiger partial charge is 0.508 e. The van der Waals surface area contributed by atoms with Crippen molar-refractivity contribution in [3.05, 3.63) is 63.1 Å². The lowest BCUT2D eigenvalue weighted by Gasteiger charge is -2.19. The van der Waals surface area contributed by atoms with Gasteiger partial charge in [0.15, 0.2) is 0 Å². The van der Waals surface area contributed by atoms with Crippen molar-refractivity contribution in [1.82, 2.24) is 5.32 Å². The molecule has 0 aliphatic carbocycles. The Bertz CT molecular complexity index is 588. The monoisotopic (exact) mass is 353 g/mol. The normalized spacial score (nSPS) is 12.3. The highest BCUT2D eigenvalue weighted by Gasteiger charge is 2.13. The molecule has 2 aromatic carbocycles. The second-order valence-electron chi connectivity index (χ2n) is 4.67. The standard InChI is InChI=1S/C16H17BrClNO/c1-2-15(14-9-12(17)6-7-16(14)20)19-10-11-4-3-5-13(18)8-11/h3-9,15,19-20H,2,10H2,1H3. The Morgan fingerprint density at radius 2 is 2.05 bits per heavy atom. The number of halogens is 2. The molecule has 0 bridgehead atoms. The molecule has 0 aliphatic rings. The van der Waals surface area contributed by atoms with E-state index in [-0.39, 0.29) is 6.04 Å². The summed E-state index contributed by atoms with van der Waals surface area (Å²) in [6.07, 6.45) is 0.893. The van der Waals surface area contributed by atoms with Gasteiger partial charge >= 0.3 is 0 Å². The Labute approximate surface area is 132 Å². The van der Waals surface area contributed by atoms with Crippen molar-refractivity contribution in [2.24, 2.45) is 0 Å². The minimum Gasteiger partial charge on any atom is -0.508 e. The maximum Gasteiger partial charge on any atom is 0.120 e. The average Bonchev–Trinajstić information content (AvgIpc) is 2.43. The summed E-state index contributed by atoms with van der Waals surface area (Å²) in [4.78, 5) is 0. The molecule has 0 saturated heterocycles. The SMILES string of the molecule is CCC(NCc1cccc(Cl)c1)c1cc(Br)ccc1O. The Kier molecular flexibility index (Phi) is 5.46. The summed E-state index contributed by atoms with van der Waals surface area (Å²) in [6, 6.07) is 13.4. The Morgan fingerprint density at radius 1 is 1.25 bits per heavy atom. The van der Waals surface area contributed by atoms with E-state index in [4.69, 9.17) is 11.6 Å². The molecule has 2 nitrogen and oxygen atoms in total. The fourth-order valence-corrected chi connectivity index (χ4v) is 2.76. The number of rotatable bonds is 5. The smallest absolute Gasteiger partial charge is 0.120 e. The summed E-state index contributed by atoms with van der Waals surface area (Å²) in [5.74, 6) is 0.318. The van der Waals surface area contributed by atoms with E-state index in [1.165, 1.54) is 0 Å². The molecule has 0 fully saturated rings. The molecular formula is C16H17BrClNO. The fraction of sp³-hybridized carbons (Fsp3) is 0.250. The molecule has 4 heteroatoms. The van der Waals surface area contributed by atoms with Gasteiger partial charge in [-0.3, -0.25) is 0 Å². The average molecular weight is 355 g/mol. The minimum absolute atomic E-state index is 0.103. The number of phenols is 1. The summed E-state index contributed by atoms with van der Waals surface area (Å²) < 4.78 is 0.966. The van der Waals surface area contributed by atoms with E-state index in [2.05, 4.69) is 28.2 Å². The molecule has 106 valence electrons. The van der Waals surface area contributed by atoms with Crippen LogP contribution >= 0.6 is 27.5 Å². The Balaban J connectivity index is 2.11. The highest BCUT2D eigenvalue weighted by Crippen LogP contribution is 2.29. The lowest BCUT2D eigenvalue weighted by atomic mass is 10.0. The molecule has 0 aliphatic heterocycles. The maximum absolute atomic E-state index is 10.00. The molecule has 0 saturated carbocycles. The summed E-state index contributed by atoms with van der Waals surface area (Å²) in [6.45, 7) is 2.81. The van der Waals surface area contributed by atoms with Gasteiger partial charge in [0.05, 0.1) is 0 Å². The maximum atomic E-state index is 10.00. The van der Waals surface area contributed by atoms with Crippen LogP contribution in [0.2, 0.25) is 5.02 Å². The van der Waals surface area contributed by atoms with Crippen LogP contribution in [0.1, 0.15) is 30.5 Å². The summed E-state index contributed by atoms with van der Waals surface area (Å²) in [5, 5.41) is 14.2. The first-order valence-corrected chi connectivity index (χ1v) is 7.73. The number of benzene rings is 2. The van der Waals surface area contributed by atoms with Gasteiger partial charge in [0.2, 0.25) is 0 Å². The molecule has 20 heavy (non-hydrogen) atoms. The predicted molar refractivity (Wildman–Crippen MR) is 87.1 cm³/mol. The van der Waals surface area contributed by atoms with Crippen LogP contribution in [0.3, 0.4) is 0 Å². The predicted octanol–water partition coefficient (Wildman–Crippen LogP) is 5.05. The Hall–Kier alpha value is -1.03. The highest BCUT2D eigenvalue weighted by atomic mass is 79.9. The van der Waals surface area contributed by atoms with Gasteiger partial charge in [0.25, 0.3) is 0 Å². The molecule has 1 atom stereocenters. The second-order valence-corrected chi connectivity index (χ2v) is 6.03. The number of aromatic hydroxyl groups is 1. The highest BCUT2D eigenvalue weighted by molar-refractivity contribution is 9.10. The first-order valence-electron chi connectivity index (χ1n) is 6.56. The topological polar surface area (TPSA) is 32.3 Å². The summed E-state index contributed by atoms with van der Waals surface area (Å²) >= 11 is 9.43. The van der Waals surface area contributed by atoms with Crippen LogP contribution in [0.15, 0.2) is 46.9 Å². The van der Waals surface area contributed by atoms with Crippen molar-refractivity contribution in [2.75, 3.05) is 0 Å². The summed E-state index contributed by atoms with van der Waals surface area (Å²) in [5.41, 5.74) is 2.04. The van der Waals surface area contributed by atoms with Crippen LogP contribution < -0.4 is 5.32 Å². The molecule has 2 rings (SSSR count). The first kappa shape index (κ1) is 15.4. The second kappa shape index (κ2) is 7.11. The van der Waals surface area contributed by atoms with Crippen LogP contribution in [0, 0.1) is 0 Å². The van der Waals surface area contributed by atoms with Crippen molar-refractivity contribution in [3.63, 3.8) is 0 Å². The zero-order chi connectivity index (χ0) is 14.5. The van der Waals surface area contributed by atoms with Crippen LogP contribution in [0.25, 0.3) is 0 Å². The van der Waals surface area contributed by atoms with Gasteiger partial charge < -0.3 is 10.4 Å². The minimum atomic E-state index is 0.103.